The summed E-state index contributed by atoms with van der Waals surface area (Å²) in [5.41, 5.74) is 6.74. The van der Waals surface area contributed by atoms with Crippen molar-refractivity contribution in [1.29, 1.82) is 0 Å². The predicted molar refractivity (Wildman–Crippen MR) is 79.1 cm³/mol. The van der Waals surface area contributed by atoms with Gasteiger partial charge in [0.2, 0.25) is 5.91 Å². The van der Waals surface area contributed by atoms with Crippen molar-refractivity contribution >= 4 is 17.3 Å². The van der Waals surface area contributed by atoms with Crippen molar-refractivity contribution in [2.75, 3.05) is 31.2 Å². The summed E-state index contributed by atoms with van der Waals surface area (Å²) in [6.45, 7) is 2.27. The number of benzene rings is 1. The summed E-state index contributed by atoms with van der Waals surface area (Å²) in [6.07, 6.45) is -1.63. The number of β-amino-alcohol motifs (C(OH)–C–C–N with tert-alkyl or cyclic N) is 2. The number of rotatable bonds is 4. The third-order valence-corrected chi connectivity index (χ3v) is 3.70. The van der Waals surface area contributed by atoms with E-state index in [2.05, 4.69) is 5.32 Å². The number of hydrogen-bond donors (Lipinski definition) is 4. The van der Waals surface area contributed by atoms with E-state index >= 15 is 0 Å². The number of likely N-dealkylation sites (tertiary alicyclic amines) is 1. The van der Waals surface area contributed by atoms with Crippen LogP contribution in [0.25, 0.3) is 0 Å². The fourth-order valence-electron chi connectivity index (χ4n) is 2.33. The van der Waals surface area contributed by atoms with Crippen LogP contribution in [0.15, 0.2) is 18.2 Å². The summed E-state index contributed by atoms with van der Waals surface area (Å²) in [4.78, 5) is 14.0. The van der Waals surface area contributed by atoms with Crippen molar-refractivity contribution in [2.45, 2.75) is 25.2 Å². The second kappa shape index (κ2) is 6.30. The highest BCUT2D eigenvalue weighted by molar-refractivity contribution is 5.96. The summed E-state index contributed by atoms with van der Waals surface area (Å²) in [5, 5.41) is 21.9. The van der Waals surface area contributed by atoms with E-state index in [1.165, 1.54) is 7.11 Å². The van der Waals surface area contributed by atoms with Gasteiger partial charge in [0.25, 0.3) is 0 Å². The van der Waals surface area contributed by atoms with Gasteiger partial charge in [0.05, 0.1) is 31.0 Å². The Hall–Kier alpha value is -1.83. The van der Waals surface area contributed by atoms with Crippen LogP contribution in [-0.2, 0) is 4.79 Å². The van der Waals surface area contributed by atoms with E-state index in [1.54, 1.807) is 30.0 Å². The summed E-state index contributed by atoms with van der Waals surface area (Å²) < 4.78 is 5.18. The maximum absolute atomic E-state index is 12.3. The van der Waals surface area contributed by atoms with Crippen LogP contribution < -0.4 is 15.8 Å². The highest BCUT2D eigenvalue weighted by atomic mass is 16.5. The van der Waals surface area contributed by atoms with Gasteiger partial charge in [-0.1, -0.05) is 0 Å². The van der Waals surface area contributed by atoms with Gasteiger partial charge in [-0.25, -0.2) is 0 Å². The highest BCUT2D eigenvalue weighted by Crippen LogP contribution is 2.27. The minimum absolute atomic E-state index is 0.237. The number of nitrogens with two attached hydrogens (primary N) is 1. The van der Waals surface area contributed by atoms with Crippen molar-refractivity contribution in [3.05, 3.63) is 18.2 Å². The molecule has 0 aromatic heterocycles. The number of ether oxygens (including phenoxy) is 1. The molecule has 0 bridgehead atoms. The lowest BCUT2D eigenvalue weighted by Gasteiger charge is -2.23. The first-order chi connectivity index (χ1) is 9.92. The van der Waals surface area contributed by atoms with Crippen LogP contribution in [0.4, 0.5) is 11.4 Å². The molecule has 0 aliphatic carbocycles. The van der Waals surface area contributed by atoms with E-state index < -0.39 is 18.2 Å². The Balaban J connectivity index is 2.04. The molecular weight excluding hydrogens is 274 g/mol. The average Bonchev–Trinajstić information content (AvgIpc) is 2.79. The molecule has 116 valence electrons. The molecule has 3 atom stereocenters. The van der Waals surface area contributed by atoms with Crippen molar-refractivity contribution < 1.29 is 19.7 Å². The Morgan fingerprint density at radius 3 is 2.62 bits per heavy atom. The third-order valence-electron chi connectivity index (χ3n) is 3.70. The van der Waals surface area contributed by atoms with E-state index in [0.717, 1.165) is 0 Å². The minimum Gasteiger partial charge on any atom is -0.494 e. The number of aliphatic hydroxyl groups is 2. The fourth-order valence-corrected chi connectivity index (χ4v) is 2.33. The van der Waals surface area contributed by atoms with Gasteiger partial charge in [0, 0.05) is 24.8 Å². The van der Waals surface area contributed by atoms with Crippen LogP contribution in [-0.4, -0.2) is 59.5 Å². The number of nitrogen functional groups attached to an aromatic ring is 1. The van der Waals surface area contributed by atoms with Crippen LogP contribution in [0.2, 0.25) is 0 Å². The zero-order chi connectivity index (χ0) is 15.6. The second-order valence-electron chi connectivity index (χ2n) is 5.21. The average molecular weight is 295 g/mol. The molecule has 0 spiro atoms. The van der Waals surface area contributed by atoms with Gasteiger partial charge in [-0.05, 0) is 19.1 Å². The van der Waals surface area contributed by atoms with E-state index in [-0.39, 0.29) is 19.0 Å². The molecule has 5 N–H and O–H groups in total. The molecule has 21 heavy (non-hydrogen) atoms. The van der Waals surface area contributed by atoms with Gasteiger partial charge in [0.15, 0.2) is 0 Å². The van der Waals surface area contributed by atoms with E-state index in [9.17, 15) is 15.0 Å². The van der Waals surface area contributed by atoms with Gasteiger partial charge in [-0.15, -0.1) is 0 Å². The maximum atomic E-state index is 12.3. The van der Waals surface area contributed by atoms with E-state index in [0.29, 0.717) is 17.1 Å². The third kappa shape index (κ3) is 3.44. The van der Waals surface area contributed by atoms with Gasteiger partial charge in [-0.2, -0.15) is 0 Å². The fraction of sp³-hybridized carbons (Fsp3) is 0.500. The van der Waals surface area contributed by atoms with Gasteiger partial charge >= 0.3 is 0 Å². The molecule has 1 saturated heterocycles. The first kappa shape index (κ1) is 15.6. The van der Waals surface area contributed by atoms with Gasteiger partial charge in [0.1, 0.15) is 5.75 Å². The number of aliphatic hydroxyl groups excluding tert-OH is 2. The second-order valence-corrected chi connectivity index (χ2v) is 5.21. The summed E-state index contributed by atoms with van der Waals surface area (Å²) >= 11 is 0. The molecule has 1 aliphatic heterocycles. The molecule has 7 nitrogen and oxygen atoms in total. The Morgan fingerprint density at radius 1 is 1.43 bits per heavy atom. The quantitative estimate of drug-likeness (QED) is 0.565. The molecular formula is C14H21N3O4. The maximum Gasteiger partial charge on any atom is 0.241 e. The monoisotopic (exact) mass is 295 g/mol. The van der Waals surface area contributed by atoms with Crippen molar-refractivity contribution in [2.24, 2.45) is 0 Å². The predicted octanol–water partition coefficient (Wildman–Crippen LogP) is -0.358. The van der Waals surface area contributed by atoms with Crippen LogP contribution in [0.5, 0.6) is 5.75 Å². The van der Waals surface area contributed by atoms with Crippen LogP contribution in [0.1, 0.15) is 6.92 Å². The minimum atomic E-state index is -0.814. The number of hydrogen-bond acceptors (Lipinski definition) is 6. The first-order valence-corrected chi connectivity index (χ1v) is 6.77. The molecule has 1 aliphatic rings. The molecule has 0 saturated carbocycles. The number of carbonyl (C=O) groups excluding carboxylic acids is 1. The van der Waals surface area contributed by atoms with E-state index in [1.807, 2.05) is 0 Å². The van der Waals surface area contributed by atoms with Gasteiger partial charge < -0.3 is 26.0 Å². The molecule has 0 radical (unpaired) electrons. The molecule has 1 heterocycles. The Kier molecular flexibility index (Phi) is 4.66. The van der Waals surface area contributed by atoms with Crippen LogP contribution in [0.3, 0.4) is 0 Å². The Labute approximate surface area is 123 Å². The van der Waals surface area contributed by atoms with Crippen molar-refractivity contribution in [3.8, 4) is 5.75 Å². The lowest BCUT2D eigenvalue weighted by Crippen LogP contribution is -2.41. The molecule has 1 aromatic carbocycles. The smallest absolute Gasteiger partial charge is 0.241 e. The molecule has 1 aromatic rings. The highest BCUT2D eigenvalue weighted by Gasteiger charge is 2.34. The van der Waals surface area contributed by atoms with Crippen molar-refractivity contribution in [3.63, 3.8) is 0 Å². The lowest BCUT2D eigenvalue weighted by atomic mass is 10.2. The SMILES string of the molecule is COc1cc(N)ccc1NC(=O)C(C)N1CC(O)C(O)C1. The largest absolute Gasteiger partial charge is 0.494 e. The number of amides is 1. The molecule has 3 unspecified atom stereocenters. The number of nitrogens with one attached hydrogen (secondary N) is 1. The first-order valence-electron chi connectivity index (χ1n) is 6.77. The normalized spacial score (nSPS) is 23.8. The van der Waals surface area contributed by atoms with Crippen molar-refractivity contribution in [1.82, 2.24) is 4.90 Å². The number of carbonyl (C=O) groups is 1. The summed E-state index contributed by atoms with van der Waals surface area (Å²) in [7, 11) is 1.50. The zero-order valence-electron chi connectivity index (χ0n) is 12.1. The molecule has 1 amide bonds. The van der Waals surface area contributed by atoms with Gasteiger partial charge in [-0.3, -0.25) is 9.69 Å². The summed E-state index contributed by atoms with van der Waals surface area (Å²) in [6, 6.07) is 4.50. The van der Waals surface area contributed by atoms with Crippen LogP contribution >= 0.6 is 0 Å². The van der Waals surface area contributed by atoms with E-state index in [4.69, 9.17) is 10.5 Å². The van der Waals surface area contributed by atoms with Crippen LogP contribution in [0, 0.1) is 0 Å². The number of methoxy groups -OCH3 is 1. The molecule has 1 fully saturated rings. The standard InChI is InChI=1S/C14H21N3O4/c1-8(17-6-11(18)12(19)7-17)14(20)16-10-4-3-9(15)5-13(10)21-2/h3-5,8,11-12,18-19H,6-7,15H2,1-2H3,(H,16,20). The number of nitrogens with zero attached hydrogens (tertiary/aromatic N) is 1. The molecule has 2 rings (SSSR count). The number of anilines is 2. The summed E-state index contributed by atoms with van der Waals surface area (Å²) in [5.74, 6) is 0.247. The lowest BCUT2D eigenvalue weighted by molar-refractivity contribution is -0.120. The molecule has 7 heteroatoms. The topological polar surface area (TPSA) is 108 Å². The Bertz CT molecular complexity index is 513. The Morgan fingerprint density at radius 2 is 2.05 bits per heavy atom. The zero-order valence-corrected chi connectivity index (χ0v) is 12.1.